The fourth-order valence-electron chi connectivity index (χ4n) is 1.63. The van der Waals surface area contributed by atoms with Gasteiger partial charge < -0.3 is 10.1 Å². The minimum Gasteiger partial charge on any atom is -0.484 e. The molecule has 2 aromatic rings. The Bertz CT molecular complexity index is 680. The fraction of sp³-hybridized carbons (Fsp3) is 0.133. The minimum absolute atomic E-state index is 0.0164. The summed E-state index contributed by atoms with van der Waals surface area (Å²) in [6.45, 7) is -0.404. The Kier molecular flexibility index (Phi) is 5.86. The molecule has 2 aromatic carbocycles. The van der Waals surface area contributed by atoms with E-state index in [0.717, 1.165) is 12.1 Å². The van der Waals surface area contributed by atoms with Crippen LogP contribution in [0.3, 0.4) is 0 Å². The number of ether oxygens (including phenoxy) is 1. The van der Waals surface area contributed by atoms with Crippen LogP contribution in [0.5, 0.6) is 5.75 Å². The van der Waals surface area contributed by atoms with Crippen LogP contribution in [-0.4, -0.2) is 18.3 Å². The van der Waals surface area contributed by atoms with Crippen LogP contribution in [-0.2, 0) is 4.79 Å². The summed E-state index contributed by atoms with van der Waals surface area (Å²) in [5, 5.41) is 2.49. The van der Waals surface area contributed by atoms with E-state index < -0.39 is 29.9 Å². The molecule has 2 rings (SSSR count). The third-order valence-electron chi connectivity index (χ3n) is 2.62. The number of amides is 1. The van der Waals surface area contributed by atoms with E-state index in [9.17, 15) is 22.4 Å². The second kappa shape index (κ2) is 7.87. The van der Waals surface area contributed by atoms with Gasteiger partial charge in [0.05, 0.1) is 0 Å². The van der Waals surface area contributed by atoms with Crippen LogP contribution in [0.4, 0.5) is 23.2 Å². The normalized spacial score (nSPS) is 10.7. The highest BCUT2D eigenvalue weighted by Gasteiger charge is 2.08. The second-order valence-corrected chi connectivity index (χ2v) is 5.38. The van der Waals surface area contributed by atoms with Crippen molar-refractivity contribution in [3.63, 3.8) is 0 Å². The van der Waals surface area contributed by atoms with Gasteiger partial charge in [-0.15, -0.1) is 0 Å². The Hall–Kier alpha value is -2.22. The van der Waals surface area contributed by atoms with Gasteiger partial charge in [0.1, 0.15) is 5.75 Å². The molecule has 8 heteroatoms. The summed E-state index contributed by atoms with van der Waals surface area (Å²) >= 11 is 0.399. The number of anilines is 1. The van der Waals surface area contributed by atoms with Crippen molar-refractivity contribution in [3.05, 3.63) is 54.1 Å². The summed E-state index contributed by atoms with van der Waals surface area (Å²) in [7, 11) is 0. The summed E-state index contributed by atoms with van der Waals surface area (Å²) in [6, 6.07) is 8.76. The van der Waals surface area contributed by atoms with E-state index in [1.165, 1.54) is 30.3 Å². The van der Waals surface area contributed by atoms with Gasteiger partial charge in [-0.2, -0.15) is 8.78 Å². The topological polar surface area (TPSA) is 38.3 Å². The maximum atomic E-state index is 13.0. The molecule has 0 atom stereocenters. The van der Waals surface area contributed by atoms with Gasteiger partial charge in [-0.25, -0.2) is 8.78 Å². The molecule has 0 saturated carbocycles. The number of carbonyl (C=O) groups is 1. The van der Waals surface area contributed by atoms with Gasteiger partial charge in [0.15, 0.2) is 18.2 Å². The molecule has 0 aromatic heterocycles. The molecule has 0 bridgehead atoms. The highest BCUT2D eigenvalue weighted by atomic mass is 32.2. The van der Waals surface area contributed by atoms with Gasteiger partial charge in [-0.3, -0.25) is 4.79 Å². The molecule has 1 N–H and O–H groups in total. The monoisotopic (exact) mass is 345 g/mol. The molecule has 0 heterocycles. The Morgan fingerprint density at radius 2 is 1.78 bits per heavy atom. The zero-order chi connectivity index (χ0) is 16.8. The summed E-state index contributed by atoms with van der Waals surface area (Å²) in [5.74, 6) is -5.11. The maximum Gasteiger partial charge on any atom is 0.288 e. The highest BCUT2D eigenvalue weighted by Crippen LogP contribution is 2.26. The second-order valence-electron chi connectivity index (χ2n) is 4.32. The van der Waals surface area contributed by atoms with Crippen molar-refractivity contribution in [2.75, 3.05) is 11.9 Å². The SMILES string of the molecule is O=C(COc1ccc(F)c(F)c1)Nc1ccc(SC(F)F)cc1. The van der Waals surface area contributed by atoms with Crippen LogP contribution in [0.25, 0.3) is 0 Å². The molecule has 23 heavy (non-hydrogen) atoms. The molecule has 0 spiro atoms. The third-order valence-corrected chi connectivity index (χ3v) is 3.35. The van der Waals surface area contributed by atoms with Crippen LogP contribution >= 0.6 is 11.8 Å². The molecular weight excluding hydrogens is 334 g/mol. The van der Waals surface area contributed by atoms with Crippen molar-refractivity contribution < 1.29 is 27.1 Å². The molecular formula is C15H11F4NO2S. The van der Waals surface area contributed by atoms with Gasteiger partial charge in [-0.05, 0) is 36.4 Å². The number of alkyl halides is 2. The number of halogens is 4. The number of hydrogen-bond donors (Lipinski definition) is 1. The first-order chi connectivity index (χ1) is 10.9. The van der Waals surface area contributed by atoms with Crippen LogP contribution < -0.4 is 10.1 Å². The van der Waals surface area contributed by atoms with E-state index in [-0.39, 0.29) is 5.75 Å². The van der Waals surface area contributed by atoms with Gasteiger partial charge in [0.2, 0.25) is 0 Å². The summed E-state index contributed by atoms with van der Waals surface area (Å²) in [5.41, 5.74) is 0.405. The lowest BCUT2D eigenvalue weighted by Gasteiger charge is -2.08. The summed E-state index contributed by atoms with van der Waals surface area (Å²) < 4.78 is 55.1. The quantitative estimate of drug-likeness (QED) is 0.627. The van der Waals surface area contributed by atoms with Crippen molar-refractivity contribution in [3.8, 4) is 5.75 Å². The third kappa shape index (κ3) is 5.48. The predicted molar refractivity (Wildman–Crippen MR) is 78.8 cm³/mol. The molecule has 1 amide bonds. The average Bonchev–Trinajstić information content (AvgIpc) is 2.50. The number of thioether (sulfide) groups is 1. The van der Waals surface area contributed by atoms with Crippen LogP contribution in [0.2, 0.25) is 0 Å². The molecule has 0 aliphatic carbocycles. The molecule has 0 unspecified atom stereocenters. The minimum atomic E-state index is -2.51. The first-order valence-electron chi connectivity index (χ1n) is 6.36. The van der Waals surface area contributed by atoms with Gasteiger partial charge >= 0.3 is 0 Å². The largest absolute Gasteiger partial charge is 0.484 e. The maximum absolute atomic E-state index is 13.0. The van der Waals surface area contributed by atoms with Gasteiger partial charge in [-0.1, -0.05) is 11.8 Å². The lowest BCUT2D eigenvalue weighted by molar-refractivity contribution is -0.118. The van der Waals surface area contributed by atoms with Crippen molar-refractivity contribution in [2.45, 2.75) is 10.7 Å². The highest BCUT2D eigenvalue weighted by molar-refractivity contribution is 7.99. The van der Waals surface area contributed by atoms with Crippen LogP contribution in [0.1, 0.15) is 0 Å². The van der Waals surface area contributed by atoms with E-state index in [4.69, 9.17) is 4.74 Å². The van der Waals surface area contributed by atoms with E-state index in [0.29, 0.717) is 22.3 Å². The molecule has 3 nitrogen and oxygen atoms in total. The average molecular weight is 345 g/mol. The lowest BCUT2D eigenvalue weighted by Crippen LogP contribution is -2.20. The Labute approximate surface area is 133 Å². The first kappa shape index (κ1) is 17.1. The van der Waals surface area contributed by atoms with Crippen molar-refractivity contribution >= 4 is 23.4 Å². The number of carbonyl (C=O) groups excluding carboxylic acids is 1. The molecule has 0 aliphatic heterocycles. The number of hydrogen-bond acceptors (Lipinski definition) is 3. The van der Waals surface area contributed by atoms with E-state index >= 15 is 0 Å². The summed E-state index contributed by atoms with van der Waals surface area (Å²) in [4.78, 5) is 12.0. The number of rotatable bonds is 6. The molecule has 122 valence electrons. The van der Waals surface area contributed by atoms with Gasteiger partial charge in [0, 0.05) is 16.6 Å². The van der Waals surface area contributed by atoms with E-state index in [1.54, 1.807) is 0 Å². The fourth-order valence-corrected chi connectivity index (χ4v) is 2.13. The summed E-state index contributed by atoms with van der Waals surface area (Å²) in [6.07, 6.45) is 0. The number of benzene rings is 2. The van der Waals surface area contributed by atoms with E-state index in [2.05, 4.69) is 5.32 Å². The Morgan fingerprint density at radius 1 is 1.09 bits per heavy atom. The van der Waals surface area contributed by atoms with Crippen molar-refractivity contribution in [1.82, 2.24) is 0 Å². The smallest absolute Gasteiger partial charge is 0.288 e. The standard InChI is InChI=1S/C15H11F4NO2S/c16-12-6-3-10(7-13(12)17)22-8-14(21)20-9-1-4-11(5-2-9)23-15(18)19/h1-7,15H,8H2,(H,20,21). The van der Waals surface area contributed by atoms with E-state index in [1.807, 2.05) is 0 Å². The number of nitrogens with one attached hydrogen (secondary N) is 1. The first-order valence-corrected chi connectivity index (χ1v) is 7.24. The molecule has 0 fully saturated rings. The molecule has 0 aliphatic rings. The van der Waals surface area contributed by atoms with Crippen molar-refractivity contribution in [1.29, 1.82) is 0 Å². The zero-order valence-corrected chi connectivity index (χ0v) is 12.4. The predicted octanol–water partition coefficient (Wildman–Crippen LogP) is 4.30. The van der Waals surface area contributed by atoms with Crippen molar-refractivity contribution in [2.24, 2.45) is 0 Å². The molecule has 0 radical (unpaired) electrons. The van der Waals surface area contributed by atoms with Crippen LogP contribution in [0, 0.1) is 11.6 Å². The van der Waals surface area contributed by atoms with Crippen LogP contribution in [0.15, 0.2) is 47.4 Å². The zero-order valence-electron chi connectivity index (χ0n) is 11.6. The Morgan fingerprint density at radius 3 is 2.39 bits per heavy atom. The lowest BCUT2D eigenvalue weighted by atomic mass is 10.3. The molecule has 0 saturated heterocycles. The Balaban J connectivity index is 1.85. The van der Waals surface area contributed by atoms with Gasteiger partial charge in [0.25, 0.3) is 11.7 Å².